The van der Waals surface area contributed by atoms with Crippen LogP contribution < -0.4 is 5.32 Å². The third-order valence-electron chi connectivity index (χ3n) is 1.64. The van der Waals surface area contributed by atoms with Crippen molar-refractivity contribution < 1.29 is 9.53 Å². The quantitative estimate of drug-likeness (QED) is 0.676. The highest BCUT2D eigenvalue weighted by atomic mass is 16.5. The smallest absolute Gasteiger partial charge is 0.319 e. The van der Waals surface area contributed by atoms with E-state index in [0.29, 0.717) is 19.3 Å². The molecule has 0 aromatic carbocycles. The lowest BCUT2D eigenvalue weighted by Crippen LogP contribution is -2.30. The second-order valence-electron chi connectivity index (χ2n) is 3.39. The van der Waals surface area contributed by atoms with Crippen molar-refractivity contribution in [3.8, 4) is 0 Å². The van der Waals surface area contributed by atoms with E-state index in [-0.39, 0.29) is 6.03 Å². The SMILES string of the molecule is CC(C)COCN1CCNC1=O. The van der Waals surface area contributed by atoms with Crippen LogP contribution in [0.2, 0.25) is 0 Å². The van der Waals surface area contributed by atoms with E-state index in [1.165, 1.54) is 0 Å². The molecular formula is C8H16N2O2. The van der Waals surface area contributed by atoms with E-state index < -0.39 is 0 Å². The number of hydrogen-bond donors (Lipinski definition) is 1. The van der Waals surface area contributed by atoms with Crippen molar-refractivity contribution in [1.82, 2.24) is 10.2 Å². The molecule has 12 heavy (non-hydrogen) atoms. The predicted molar refractivity (Wildman–Crippen MR) is 45.8 cm³/mol. The molecule has 1 aliphatic rings. The lowest BCUT2D eigenvalue weighted by Gasteiger charge is -2.14. The Morgan fingerprint density at radius 3 is 2.92 bits per heavy atom. The summed E-state index contributed by atoms with van der Waals surface area (Å²) in [6.45, 7) is 6.81. The maximum atomic E-state index is 11.0. The maximum Gasteiger partial charge on any atom is 0.319 e. The van der Waals surface area contributed by atoms with Gasteiger partial charge in [0.05, 0.1) is 6.61 Å². The Labute approximate surface area is 72.9 Å². The molecule has 1 saturated heterocycles. The number of rotatable bonds is 4. The van der Waals surface area contributed by atoms with E-state index in [1.807, 2.05) is 0 Å². The van der Waals surface area contributed by atoms with Crippen LogP contribution in [0.25, 0.3) is 0 Å². The Kier molecular flexibility index (Phi) is 3.34. The van der Waals surface area contributed by atoms with Gasteiger partial charge < -0.3 is 10.1 Å². The molecule has 0 aromatic heterocycles. The number of amides is 2. The summed E-state index contributed by atoms with van der Waals surface area (Å²) >= 11 is 0. The Hall–Kier alpha value is -0.770. The summed E-state index contributed by atoms with van der Waals surface area (Å²) in [6.07, 6.45) is 0. The molecule has 2 amide bonds. The summed E-state index contributed by atoms with van der Waals surface area (Å²) in [5.41, 5.74) is 0. The maximum absolute atomic E-state index is 11.0. The van der Waals surface area contributed by atoms with Crippen LogP contribution in [0.5, 0.6) is 0 Å². The molecule has 4 heteroatoms. The van der Waals surface area contributed by atoms with E-state index in [4.69, 9.17) is 4.74 Å². The van der Waals surface area contributed by atoms with Gasteiger partial charge in [-0.05, 0) is 5.92 Å². The summed E-state index contributed by atoms with van der Waals surface area (Å²) in [7, 11) is 0. The molecule has 1 N–H and O–H groups in total. The van der Waals surface area contributed by atoms with Crippen LogP contribution in [0.3, 0.4) is 0 Å². The van der Waals surface area contributed by atoms with Crippen molar-refractivity contribution in [1.29, 1.82) is 0 Å². The fraction of sp³-hybridized carbons (Fsp3) is 0.875. The van der Waals surface area contributed by atoms with E-state index >= 15 is 0 Å². The molecule has 0 aliphatic carbocycles. The minimum Gasteiger partial charge on any atom is -0.361 e. The molecule has 0 aromatic rings. The number of nitrogens with zero attached hydrogens (tertiary/aromatic N) is 1. The molecule has 0 unspecified atom stereocenters. The van der Waals surface area contributed by atoms with Gasteiger partial charge in [-0.3, -0.25) is 4.90 Å². The standard InChI is InChI=1S/C8H16N2O2/c1-7(2)5-12-6-10-4-3-9-8(10)11/h7H,3-6H2,1-2H3,(H,9,11). The highest BCUT2D eigenvalue weighted by molar-refractivity contribution is 5.75. The fourth-order valence-corrected chi connectivity index (χ4v) is 1.03. The lowest BCUT2D eigenvalue weighted by atomic mass is 10.2. The van der Waals surface area contributed by atoms with E-state index in [2.05, 4.69) is 19.2 Å². The second kappa shape index (κ2) is 4.30. The average Bonchev–Trinajstić information content (AvgIpc) is 2.36. The van der Waals surface area contributed by atoms with Gasteiger partial charge >= 0.3 is 6.03 Å². The molecule has 1 heterocycles. The van der Waals surface area contributed by atoms with Crippen LogP contribution >= 0.6 is 0 Å². The first-order chi connectivity index (χ1) is 5.70. The van der Waals surface area contributed by atoms with Crippen LogP contribution in [0, 0.1) is 5.92 Å². The van der Waals surface area contributed by atoms with Gasteiger partial charge in [-0.1, -0.05) is 13.8 Å². The minimum absolute atomic E-state index is 0.0150. The Morgan fingerprint density at radius 1 is 1.67 bits per heavy atom. The number of urea groups is 1. The Bertz CT molecular complexity index is 159. The number of ether oxygens (including phenoxy) is 1. The van der Waals surface area contributed by atoms with Crippen LogP contribution in [-0.2, 0) is 4.74 Å². The van der Waals surface area contributed by atoms with Gasteiger partial charge in [-0.2, -0.15) is 0 Å². The normalized spacial score (nSPS) is 17.2. The number of nitrogens with one attached hydrogen (secondary N) is 1. The first kappa shape index (κ1) is 9.32. The largest absolute Gasteiger partial charge is 0.361 e. The zero-order valence-corrected chi connectivity index (χ0v) is 7.67. The first-order valence-corrected chi connectivity index (χ1v) is 4.30. The van der Waals surface area contributed by atoms with Crippen LogP contribution in [0.4, 0.5) is 4.79 Å². The van der Waals surface area contributed by atoms with Gasteiger partial charge in [-0.15, -0.1) is 0 Å². The molecule has 1 aliphatic heterocycles. The molecule has 0 atom stereocenters. The zero-order valence-electron chi connectivity index (χ0n) is 7.67. The molecule has 0 bridgehead atoms. The van der Waals surface area contributed by atoms with Crippen molar-refractivity contribution in [2.75, 3.05) is 26.4 Å². The topological polar surface area (TPSA) is 41.6 Å². The first-order valence-electron chi connectivity index (χ1n) is 4.30. The van der Waals surface area contributed by atoms with Crippen molar-refractivity contribution in [3.05, 3.63) is 0 Å². The monoisotopic (exact) mass is 172 g/mol. The number of carbonyl (C=O) groups excluding carboxylic acids is 1. The third kappa shape index (κ3) is 2.70. The van der Waals surface area contributed by atoms with Crippen molar-refractivity contribution in [2.45, 2.75) is 13.8 Å². The molecule has 70 valence electrons. The zero-order chi connectivity index (χ0) is 8.97. The Balaban J connectivity index is 2.10. The van der Waals surface area contributed by atoms with Crippen LogP contribution in [0.15, 0.2) is 0 Å². The van der Waals surface area contributed by atoms with E-state index in [9.17, 15) is 4.79 Å². The lowest BCUT2D eigenvalue weighted by molar-refractivity contribution is 0.0429. The Morgan fingerprint density at radius 2 is 2.42 bits per heavy atom. The van der Waals surface area contributed by atoms with Crippen LogP contribution in [-0.4, -0.2) is 37.4 Å². The van der Waals surface area contributed by atoms with Gasteiger partial charge in [-0.25, -0.2) is 4.79 Å². The van der Waals surface area contributed by atoms with Crippen molar-refractivity contribution in [3.63, 3.8) is 0 Å². The van der Waals surface area contributed by atoms with Gasteiger partial charge in [0.2, 0.25) is 0 Å². The average molecular weight is 172 g/mol. The van der Waals surface area contributed by atoms with E-state index in [0.717, 1.165) is 13.1 Å². The third-order valence-corrected chi connectivity index (χ3v) is 1.64. The van der Waals surface area contributed by atoms with Gasteiger partial charge in [0, 0.05) is 13.1 Å². The highest BCUT2D eigenvalue weighted by Gasteiger charge is 2.18. The van der Waals surface area contributed by atoms with Crippen molar-refractivity contribution in [2.24, 2.45) is 5.92 Å². The minimum atomic E-state index is -0.0150. The molecule has 0 saturated carbocycles. The summed E-state index contributed by atoms with van der Waals surface area (Å²) < 4.78 is 5.31. The molecule has 0 radical (unpaired) electrons. The predicted octanol–water partition coefficient (Wildman–Crippen LogP) is 0.642. The van der Waals surface area contributed by atoms with Gasteiger partial charge in [0.1, 0.15) is 6.73 Å². The molecule has 4 nitrogen and oxygen atoms in total. The summed E-state index contributed by atoms with van der Waals surface area (Å²) in [6, 6.07) is -0.0150. The molecule has 0 spiro atoms. The van der Waals surface area contributed by atoms with E-state index in [1.54, 1.807) is 4.90 Å². The molecule has 1 fully saturated rings. The van der Waals surface area contributed by atoms with Gasteiger partial charge in [0.15, 0.2) is 0 Å². The molecule has 1 rings (SSSR count). The fourth-order valence-electron chi connectivity index (χ4n) is 1.03. The van der Waals surface area contributed by atoms with Gasteiger partial charge in [0.25, 0.3) is 0 Å². The van der Waals surface area contributed by atoms with Crippen LogP contribution in [0.1, 0.15) is 13.8 Å². The summed E-state index contributed by atoms with van der Waals surface area (Å²) in [5.74, 6) is 0.524. The molecular weight excluding hydrogens is 156 g/mol. The second-order valence-corrected chi connectivity index (χ2v) is 3.39. The number of hydrogen-bond acceptors (Lipinski definition) is 2. The summed E-state index contributed by atoms with van der Waals surface area (Å²) in [4.78, 5) is 12.7. The highest BCUT2D eigenvalue weighted by Crippen LogP contribution is 1.98. The summed E-state index contributed by atoms with van der Waals surface area (Å²) in [5, 5.41) is 2.71. The number of carbonyl (C=O) groups is 1. The van der Waals surface area contributed by atoms with Crippen molar-refractivity contribution >= 4 is 6.03 Å².